The summed E-state index contributed by atoms with van der Waals surface area (Å²) in [7, 11) is 1.44. The molecule has 0 unspecified atom stereocenters. The minimum atomic E-state index is -0.191. The van der Waals surface area contributed by atoms with Gasteiger partial charge in [-0.3, -0.25) is 4.79 Å². The lowest BCUT2D eigenvalue weighted by Gasteiger charge is -2.07. The third kappa shape index (κ3) is 3.79. The Labute approximate surface area is 99.8 Å². The normalized spacial score (nSPS) is 10.1. The van der Waals surface area contributed by atoms with E-state index in [1.807, 2.05) is 13.8 Å². The Morgan fingerprint density at radius 2 is 2.29 bits per heavy atom. The van der Waals surface area contributed by atoms with Crippen LogP contribution in [0.3, 0.4) is 0 Å². The molecule has 0 fully saturated rings. The van der Waals surface area contributed by atoms with E-state index in [1.165, 1.54) is 24.4 Å². The highest BCUT2D eigenvalue weighted by atomic mass is 16.5. The highest BCUT2D eigenvalue weighted by Gasteiger charge is 2.16. The molecule has 1 rings (SSSR count). The highest BCUT2D eigenvalue weighted by molar-refractivity contribution is 5.20. The van der Waals surface area contributed by atoms with E-state index >= 15 is 0 Å². The van der Waals surface area contributed by atoms with Crippen LogP contribution in [0.5, 0.6) is 5.75 Å². The first-order chi connectivity index (χ1) is 8.06. The van der Waals surface area contributed by atoms with Crippen molar-refractivity contribution in [1.29, 1.82) is 5.39 Å². The predicted molar refractivity (Wildman–Crippen MR) is 63.9 cm³/mol. The van der Waals surface area contributed by atoms with Crippen LogP contribution in [-0.4, -0.2) is 23.6 Å². The van der Waals surface area contributed by atoms with Gasteiger partial charge >= 0.3 is 5.08 Å². The molecule has 0 aliphatic heterocycles. The first-order valence-corrected chi connectivity index (χ1v) is 5.42. The average Bonchev–Trinajstić information content (AvgIpc) is 2.27. The minimum absolute atomic E-state index is 0.191. The van der Waals surface area contributed by atoms with Gasteiger partial charge in [0.25, 0.3) is 5.39 Å². The first-order valence-electron chi connectivity index (χ1n) is 5.42. The van der Waals surface area contributed by atoms with Crippen LogP contribution >= 0.6 is 0 Å². The van der Waals surface area contributed by atoms with Crippen molar-refractivity contribution < 1.29 is 4.74 Å². The van der Waals surface area contributed by atoms with Gasteiger partial charge in [-0.05, 0) is 10.9 Å². The van der Waals surface area contributed by atoms with Crippen LogP contribution in [0.2, 0.25) is 0 Å². The van der Waals surface area contributed by atoms with E-state index in [4.69, 9.17) is 10.1 Å². The molecule has 0 radical (unpaired) electrons. The van der Waals surface area contributed by atoms with Crippen molar-refractivity contribution in [1.82, 2.24) is 9.99 Å². The fourth-order valence-corrected chi connectivity index (χ4v) is 1.50. The van der Waals surface area contributed by atoms with Gasteiger partial charge in [-0.25, -0.2) is 0 Å². The van der Waals surface area contributed by atoms with Gasteiger partial charge in [-0.15, -0.1) is 0 Å². The predicted octanol–water partition coefficient (Wildman–Crippen LogP) is 1.61. The summed E-state index contributed by atoms with van der Waals surface area (Å²) in [6.45, 7) is 5.02. The van der Waals surface area contributed by atoms with Crippen molar-refractivity contribution in [2.45, 2.75) is 20.4 Å². The highest BCUT2D eigenvalue weighted by Crippen LogP contribution is 2.06. The number of nitrogens with zero attached hydrogens (tertiary/aromatic N) is 3. The smallest absolute Gasteiger partial charge is 0.305 e. The lowest BCUT2D eigenvalue weighted by atomic mass is 10.2. The van der Waals surface area contributed by atoms with E-state index in [2.05, 4.69) is 10.1 Å². The molecule has 0 aromatic carbocycles. The van der Waals surface area contributed by atoms with Crippen molar-refractivity contribution >= 4 is 0 Å². The fraction of sp³-hybridized carbons (Fsp3) is 0.545. The summed E-state index contributed by atoms with van der Waals surface area (Å²) < 4.78 is 4.87. The second kappa shape index (κ2) is 5.89. The third-order valence-corrected chi connectivity index (χ3v) is 2.21. The molecule has 0 spiro atoms. The number of aromatic nitrogens is 1. The first kappa shape index (κ1) is 13.0. The quantitative estimate of drug-likeness (QED) is 0.623. The lowest BCUT2D eigenvalue weighted by molar-refractivity contribution is 0.308. The summed E-state index contributed by atoms with van der Waals surface area (Å²) in [4.78, 5) is 14.4. The Kier molecular flexibility index (Phi) is 4.52. The number of rotatable bonds is 5. The zero-order chi connectivity index (χ0) is 12.8. The molecule has 17 heavy (non-hydrogen) atoms. The van der Waals surface area contributed by atoms with Gasteiger partial charge in [0.05, 0.1) is 13.7 Å². The molecule has 1 aromatic rings. The second-order valence-electron chi connectivity index (χ2n) is 4.22. The van der Waals surface area contributed by atoms with Crippen molar-refractivity contribution in [3.8, 4) is 5.75 Å². The van der Waals surface area contributed by atoms with Crippen LogP contribution in [0.4, 0.5) is 0 Å². The molecule has 1 N–H and O–H groups in total. The number of hydrogen-bond acceptors (Lipinski definition) is 4. The summed E-state index contributed by atoms with van der Waals surface area (Å²) >= 11 is 0. The van der Waals surface area contributed by atoms with E-state index < -0.39 is 0 Å². The molecule has 92 valence electrons. The molecule has 0 aliphatic carbocycles. The summed E-state index contributed by atoms with van der Waals surface area (Å²) in [5.74, 6) is 0.640. The number of H-pyrrole nitrogens is 1. The Morgan fingerprint density at radius 1 is 1.59 bits per heavy atom. The standard InChI is InChI=1S/C11H16N4O2/c1-8(2)6-15(14-12)7-9-4-10(16)11(17-3)5-13-9/h4-5,8H,6-7H2,1-3H3/p+1. The van der Waals surface area contributed by atoms with Crippen LogP contribution in [0, 0.1) is 11.3 Å². The topological polar surface area (TPSA) is 73.5 Å². The van der Waals surface area contributed by atoms with Crippen molar-refractivity contribution in [2.24, 2.45) is 5.92 Å². The maximum absolute atomic E-state index is 11.5. The molecule has 0 atom stereocenters. The molecule has 0 saturated heterocycles. The van der Waals surface area contributed by atoms with Crippen LogP contribution in [0.15, 0.2) is 17.1 Å². The number of pyridine rings is 1. The van der Waals surface area contributed by atoms with Crippen LogP contribution in [0.1, 0.15) is 19.5 Å². The number of nitrogens with one attached hydrogen (secondary N) is 1. The lowest BCUT2D eigenvalue weighted by Crippen LogP contribution is -2.21. The number of hydrogen-bond donors (Lipinski definition) is 1. The van der Waals surface area contributed by atoms with Crippen molar-refractivity contribution in [3.05, 3.63) is 33.3 Å². The molecule has 1 aromatic heterocycles. The largest absolute Gasteiger partial charge is 0.491 e. The monoisotopic (exact) mass is 237 g/mol. The number of diazo groups is 1. The molecule has 6 heteroatoms. The molecule has 0 amide bonds. The Hall–Kier alpha value is -2.03. The fourth-order valence-electron chi connectivity index (χ4n) is 1.50. The summed E-state index contributed by atoms with van der Waals surface area (Å²) in [6.07, 6.45) is 1.50. The molecule has 1 heterocycles. The molecular formula is C11H17N4O2+. The Morgan fingerprint density at radius 3 is 2.76 bits per heavy atom. The zero-order valence-corrected chi connectivity index (χ0v) is 10.3. The van der Waals surface area contributed by atoms with Gasteiger partial charge in [-0.2, -0.15) is 0 Å². The van der Waals surface area contributed by atoms with E-state index in [1.54, 1.807) is 0 Å². The Bertz CT molecular complexity index is 461. The maximum atomic E-state index is 11.5. The van der Waals surface area contributed by atoms with Gasteiger partial charge in [0.2, 0.25) is 5.43 Å². The van der Waals surface area contributed by atoms with Crippen molar-refractivity contribution in [2.75, 3.05) is 13.7 Å². The number of ether oxygens (including phenoxy) is 1. The molecule has 0 bridgehead atoms. The van der Waals surface area contributed by atoms with E-state index in [9.17, 15) is 4.79 Å². The average molecular weight is 237 g/mol. The van der Waals surface area contributed by atoms with E-state index in [0.717, 1.165) is 0 Å². The second-order valence-corrected chi connectivity index (χ2v) is 4.22. The van der Waals surface area contributed by atoms with Crippen LogP contribution < -0.4 is 10.2 Å². The van der Waals surface area contributed by atoms with Crippen LogP contribution in [-0.2, 0) is 6.54 Å². The summed E-state index contributed by atoms with van der Waals surface area (Å²) in [6, 6.07) is 1.44. The SMILES string of the molecule is COc1c[nH]c(CN(CC(C)C)[N+]#N)cc1=O. The molecular weight excluding hydrogens is 220 g/mol. The van der Waals surface area contributed by atoms with E-state index in [-0.39, 0.29) is 11.2 Å². The Balaban J connectivity index is 2.78. The molecule has 0 aliphatic rings. The summed E-state index contributed by atoms with van der Waals surface area (Å²) in [5, 5.41) is 13.5. The van der Waals surface area contributed by atoms with Crippen LogP contribution in [0.25, 0.3) is 5.08 Å². The van der Waals surface area contributed by atoms with Gasteiger partial charge in [0.1, 0.15) is 6.54 Å². The van der Waals surface area contributed by atoms with Gasteiger partial charge in [0.15, 0.2) is 5.75 Å². The minimum Gasteiger partial charge on any atom is -0.491 e. The number of aromatic amines is 1. The zero-order valence-electron chi connectivity index (χ0n) is 10.3. The van der Waals surface area contributed by atoms with E-state index in [0.29, 0.717) is 24.7 Å². The molecule has 0 saturated carbocycles. The van der Waals surface area contributed by atoms with Gasteiger partial charge in [-0.1, -0.05) is 13.8 Å². The van der Waals surface area contributed by atoms with Gasteiger partial charge < -0.3 is 9.72 Å². The maximum Gasteiger partial charge on any atom is 0.305 e. The van der Waals surface area contributed by atoms with Gasteiger partial charge in [0, 0.05) is 18.0 Å². The third-order valence-electron chi connectivity index (χ3n) is 2.21. The number of methoxy groups -OCH3 is 1. The summed E-state index contributed by atoms with van der Waals surface area (Å²) in [5.41, 5.74) is 0.484. The van der Waals surface area contributed by atoms with Crippen molar-refractivity contribution in [3.63, 3.8) is 0 Å². The molecule has 6 nitrogen and oxygen atoms in total.